The molecule has 0 unspecified atom stereocenters. The number of methoxy groups -OCH3 is 1. The van der Waals surface area contributed by atoms with Gasteiger partial charge in [0.2, 0.25) is 5.16 Å². The zero-order valence-corrected chi connectivity index (χ0v) is 16.4. The van der Waals surface area contributed by atoms with E-state index in [0.717, 1.165) is 11.3 Å². The van der Waals surface area contributed by atoms with E-state index < -0.39 is 0 Å². The van der Waals surface area contributed by atoms with Gasteiger partial charge in [-0.05, 0) is 29.1 Å². The molecule has 142 valence electrons. The predicted octanol–water partition coefficient (Wildman–Crippen LogP) is 2.45. The van der Waals surface area contributed by atoms with E-state index in [1.807, 2.05) is 35.7 Å². The molecule has 0 saturated heterocycles. The van der Waals surface area contributed by atoms with Crippen molar-refractivity contribution in [3.05, 3.63) is 68.3 Å². The van der Waals surface area contributed by atoms with Crippen LogP contribution in [0.1, 0.15) is 20.9 Å². The lowest BCUT2D eigenvalue weighted by Gasteiger charge is -2.04. The van der Waals surface area contributed by atoms with Crippen LogP contribution in [0.5, 0.6) is 5.75 Å². The van der Waals surface area contributed by atoms with Crippen molar-refractivity contribution in [2.24, 2.45) is 0 Å². The van der Waals surface area contributed by atoms with Gasteiger partial charge in [0.15, 0.2) is 5.78 Å². The molecule has 1 aromatic carbocycles. The quantitative estimate of drug-likeness (QED) is 0.367. The Labute approximate surface area is 167 Å². The number of benzene rings is 1. The number of aromatic nitrogens is 5. The highest BCUT2D eigenvalue weighted by Gasteiger charge is 2.15. The predicted molar refractivity (Wildman–Crippen MR) is 107 cm³/mol. The first-order valence-corrected chi connectivity index (χ1v) is 10.2. The average Bonchev–Trinajstić information content (AvgIpc) is 3.37. The first kappa shape index (κ1) is 18.4. The van der Waals surface area contributed by atoms with Gasteiger partial charge >= 0.3 is 0 Å². The maximum absolute atomic E-state index is 12.3. The number of hydrogen-bond donors (Lipinski definition) is 1. The number of nitrogens with one attached hydrogen (secondary N) is 1. The molecule has 8 nitrogen and oxygen atoms in total. The van der Waals surface area contributed by atoms with E-state index in [4.69, 9.17) is 4.74 Å². The van der Waals surface area contributed by atoms with Gasteiger partial charge in [-0.25, -0.2) is 0 Å². The number of nitrogens with zero attached hydrogens (tertiary/aromatic N) is 4. The lowest BCUT2D eigenvalue weighted by Crippen LogP contribution is -2.19. The number of Topliss-reactive ketones (excluding diaryl/α,β-unsaturated/α-hetero) is 1. The van der Waals surface area contributed by atoms with Gasteiger partial charge < -0.3 is 4.74 Å². The Bertz CT molecular complexity index is 1170. The number of carbonyl (C=O) groups is 1. The minimum Gasteiger partial charge on any atom is -0.497 e. The lowest BCUT2D eigenvalue weighted by atomic mass is 10.1. The minimum absolute atomic E-state index is 0.0135. The third-order valence-electron chi connectivity index (χ3n) is 3.98. The van der Waals surface area contributed by atoms with Gasteiger partial charge in [-0.3, -0.25) is 14.6 Å². The highest BCUT2D eigenvalue weighted by Crippen LogP contribution is 2.19. The second kappa shape index (κ2) is 7.95. The van der Waals surface area contributed by atoms with Crippen molar-refractivity contribution in [2.75, 3.05) is 12.9 Å². The normalized spacial score (nSPS) is 11.0. The topological polar surface area (TPSA) is 102 Å². The van der Waals surface area contributed by atoms with E-state index in [-0.39, 0.29) is 22.9 Å². The maximum atomic E-state index is 12.3. The first-order chi connectivity index (χ1) is 13.6. The summed E-state index contributed by atoms with van der Waals surface area (Å²) in [6, 6.07) is 11.1. The highest BCUT2D eigenvalue weighted by atomic mass is 32.2. The van der Waals surface area contributed by atoms with E-state index >= 15 is 0 Å². The van der Waals surface area contributed by atoms with Gasteiger partial charge in [0.1, 0.15) is 11.4 Å². The number of rotatable bonds is 7. The van der Waals surface area contributed by atoms with E-state index in [1.54, 1.807) is 13.2 Å². The Morgan fingerprint density at radius 1 is 1.25 bits per heavy atom. The standard InChI is InChI=1S/C18H15N5O3S2/c1-26-12-6-4-11(5-7-12)9-13-16(25)19-17-20-21-18(23(17)22-13)28-10-14(24)15-3-2-8-27-15/h2-8H,9-10H2,1H3,(H,19,20,25). The van der Waals surface area contributed by atoms with Crippen molar-refractivity contribution >= 4 is 34.7 Å². The molecule has 3 heterocycles. The second-order valence-corrected chi connectivity index (χ2v) is 7.72. The van der Waals surface area contributed by atoms with Gasteiger partial charge in [0, 0.05) is 6.42 Å². The summed E-state index contributed by atoms with van der Waals surface area (Å²) in [5, 5.41) is 14.7. The monoisotopic (exact) mass is 413 g/mol. The molecule has 28 heavy (non-hydrogen) atoms. The van der Waals surface area contributed by atoms with Gasteiger partial charge in [0.25, 0.3) is 11.3 Å². The smallest absolute Gasteiger partial charge is 0.274 e. The van der Waals surface area contributed by atoms with Crippen molar-refractivity contribution in [3.8, 4) is 5.75 Å². The largest absolute Gasteiger partial charge is 0.497 e. The molecule has 0 aliphatic heterocycles. The molecule has 0 radical (unpaired) electrons. The summed E-state index contributed by atoms with van der Waals surface area (Å²) in [6.45, 7) is 0. The fourth-order valence-electron chi connectivity index (χ4n) is 2.55. The number of aromatic amines is 1. The number of thiophene rings is 1. The van der Waals surface area contributed by atoms with Crippen LogP contribution < -0.4 is 10.3 Å². The van der Waals surface area contributed by atoms with E-state index in [9.17, 15) is 9.59 Å². The van der Waals surface area contributed by atoms with Crippen LogP contribution in [0.4, 0.5) is 0 Å². The minimum atomic E-state index is -0.318. The summed E-state index contributed by atoms with van der Waals surface area (Å²) in [5.41, 5.74) is 0.944. The summed E-state index contributed by atoms with van der Waals surface area (Å²) in [4.78, 5) is 27.9. The molecule has 1 N–H and O–H groups in total. The molecule has 4 rings (SSSR count). The summed E-state index contributed by atoms with van der Waals surface area (Å²) in [5.74, 6) is 1.22. The lowest BCUT2D eigenvalue weighted by molar-refractivity contribution is 0.102. The Kier molecular flexibility index (Phi) is 5.22. The van der Waals surface area contributed by atoms with Crippen LogP contribution >= 0.6 is 23.1 Å². The molecule has 0 saturated carbocycles. The zero-order valence-electron chi connectivity index (χ0n) is 14.8. The molecular weight excluding hydrogens is 398 g/mol. The number of fused-ring (bicyclic) bond motifs is 1. The highest BCUT2D eigenvalue weighted by molar-refractivity contribution is 7.99. The van der Waals surface area contributed by atoms with Crippen LogP contribution in [-0.4, -0.2) is 43.4 Å². The van der Waals surface area contributed by atoms with E-state index in [0.29, 0.717) is 22.1 Å². The second-order valence-electron chi connectivity index (χ2n) is 5.83. The van der Waals surface area contributed by atoms with Crippen molar-refractivity contribution in [1.29, 1.82) is 0 Å². The Hall–Kier alpha value is -2.98. The number of carbonyl (C=O) groups excluding carboxylic acids is 1. The maximum Gasteiger partial charge on any atom is 0.274 e. The number of H-pyrrole nitrogens is 1. The number of ether oxygens (including phenoxy) is 1. The van der Waals surface area contributed by atoms with Crippen LogP contribution in [0.3, 0.4) is 0 Å². The first-order valence-electron chi connectivity index (χ1n) is 8.31. The fraction of sp³-hybridized carbons (Fsp3) is 0.167. The summed E-state index contributed by atoms with van der Waals surface area (Å²) < 4.78 is 6.61. The Morgan fingerprint density at radius 3 is 2.79 bits per heavy atom. The number of hydrogen-bond acceptors (Lipinski definition) is 8. The summed E-state index contributed by atoms with van der Waals surface area (Å²) in [6.07, 6.45) is 0.353. The van der Waals surface area contributed by atoms with Crippen LogP contribution in [0.2, 0.25) is 0 Å². The van der Waals surface area contributed by atoms with Crippen molar-refractivity contribution in [3.63, 3.8) is 0 Å². The van der Waals surface area contributed by atoms with Gasteiger partial charge in [-0.1, -0.05) is 30.0 Å². The van der Waals surface area contributed by atoms with Gasteiger partial charge in [0.05, 0.1) is 17.7 Å². The fourth-order valence-corrected chi connectivity index (χ4v) is 4.07. The SMILES string of the molecule is COc1ccc(Cc2nn3c(SCC(=O)c4cccs4)nnc3[nH]c2=O)cc1. The molecule has 0 fully saturated rings. The van der Waals surface area contributed by atoms with Crippen LogP contribution in [0.25, 0.3) is 5.78 Å². The molecule has 0 spiro atoms. The molecule has 0 aliphatic carbocycles. The van der Waals surface area contributed by atoms with E-state index in [2.05, 4.69) is 20.3 Å². The van der Waals surface area contributed by atoms with Crippen molar-refractivity contribution < 1.29 is 9.53 Å². The molecule has 3 aromatic heterocycles. The molecule has 0 amide bonds. The van der Waals surface area contributed by atoms with Crippen LogP contribution in [0, 0.1) is 0 Å². The molecular formula is C18H15N5O3S2. The zero-order chi connectivity index (χ0) is 19.5. The number of thioether (sulfide) groups is 1. The molecule has 0 bridgehead atoms. The summed E-state index contributed by atoms with van der Waals surface area (Å²) in [7, 11) is 1.60. The summed E-state index contributed by atoms with van der Waals surface area (Å²) >= 11 is 2.64. The molecule has 0 aliphatic rings. The van der Waals surface area contributed by atoms with Crippen molar-refractivity contribution in [2.45, 2.75) is 11.6 Å². The Balaban J connectivity index is 1.56. The van der Waals surface area contributed by atoms with Crippen LogP contribution in [0.15, 0.2) is 51.7 Å². The molecule has 10 heteroatoms. The average molecular weight is 413 g/mol. The third kappa shape index (κ3) is 3.82. The van der Waals surface area contributed by atoms with Crippen molar-refractivity contribution in [1.82, 2.24) is 24.8 Å². The van der Waals surface area contributed by atoms with Gasteiger partial charge in [-0.2, -0.15) is 9.61 Å². The molecule has 4 aromatic rings. The Morgan fingerprint density at radius 2 is 2.07 bits per heavy atom. The van der Waals surface area contributed by atoms with Gasteiger partial charge in [-0.15, -0.1) is 21.5 Å². The molecule has 0 atom stereocenters. The number of ketones is 1. The van der Waals surface area contributed by atoms with E-state index in [1.165, 1.54) is 27.6 Å². The third-order valence-corrected chi connectivity index (χ3v) is 5.81. The van der Waals surface area contributed by atoms with Crippen LogP contribution in [-0.2, 0) is 6.42 Å².